The third-order valence-electron chi connectivity index (χ3n) is 4.77. The SMILES string of the molecule is COc1cc(/C=N/NC(=O)CCCCCCC(=O)N/N=C/c2ccc(O)c(OC)c2)ccc1O. The van der Waals surface area contributed by atoms with Crippen LogP contribution in [0, 0.1) is 0 Å². The molecule has 182 valence electrons. The predicted octanol–water partition coefficient (Wildman–Crippen LogP) is 3.06. The van der Waals surface area contributed by atoms with Gasteiger partial charge in [0.2, 0.25) is 11.8 Å². The van der Waals surface area contributed by atoms with Crippen LogP contribution in [-0.2, 0) is 9.59 Å². The van der Waals surface area contributed by atoms with Gasteiger partial charge in [0.05, 0.1) is 26.6 Å². The molecule has 2 rings (SSSR count). The number of phenols is 2. The number of benzene rings is 2. The highest BCUT2D eigenvalue weighted by Crippen LogP contribution is 2.26. The quantitative estimate of drug-likeness (QED) is 0.201. The molecule has 0 aromatic heterocycles. The molecule has 0 saturated carbocycles. The minimum atomic E-state index is -0.195. The first-order chi connectivity index (χ1) is 16.4. The summed E-state index contributed by atoms with van der Waals surface area (Å²) in [5.41, 5.74) is 6.29. The molecule has 0 atom stereocenters. The molecule has 0 fully saturated rings. The fraction of sp³-hybridized carbons (Fsp3) is 0.333. The predicted molar refractivity (Wildman–Crippen MR) is 128 cm³/mol. The van der Waals surface area contributed by atoms with Crippen LogP contribution >= 0.6 is 0 Å². The Balaban J connectivity index is 1.56. The zero-order valence-corrected chi connectivity index (χ0v) is 19.3. The van der Waals surface area contributed by atoms with Gasteiger partial charge in [-0.3, -0.25) is 9.59 Å². The molecule has 34 heavy (non-hydrogen) atoms. The van der Waals surface area contributed by atoms with Crippen LogP contribution < -0.4 is 20.3 Å². The summed E-state index contributed by atoms with van der Waals surface area (Å²) in [4.78, 5) is 23.7. The van der Waals surface area contributed by atoms with E-state index in [1.54, 1.807) is 24.3 Å². The minimum absolute atomic E-state index is 0.0315. The highest BCUT2D eigenvalue weighted by atomic mass is 16.5. The molecule has 2 aromatic rings. The van der Waals surface area contributed by atoms with E-state index < -0.39 is 0 Å². The van der Waals surface area contributed by atoms with E-state index in [1.807, 2.05) is 0 Å². The number of hydrogen-bond acceptors (Lipinski definition) is 8. The Morgan fingerprint density at radius 1 is 0.765 bits per heavy atom. The number of amides is 2. The monoisotopic (exact) mass is 470 g/mol. The van der Waals surface area contributed by atoms with Gasteiger partial charge in [-0.1, -0.05) is 12.8 Å². The Morgan fingerprint density at radius 3 is 1.56 bits per heavy atom. The van der Waals surface area contributed by atoms with Crippen molar-refractivity contribution in [3.05, 3.63) is 47.5 Å². The number of hydrogen-bond donors (Lipinski definition) is 4. The zero-order chi connectivity index (χ0) is 24.8. The summed E-state index contributed by atoms with van der Waals surface area (Å²) in [6.45, 7) is 0. The summed E-state index contributed by atoms with van der Waals surface area (Å²) < 4.78 is 10.0. The fourth-order valence-electron chi connectivity index (χ4n) is 2.94. The fourth-order valence-corrected chi connectivity index (χ4v) is 2.94. The van der Waals surface area contributed by atoms with Gasteiger partial charge in [0.15, 0.2) is 23.0 Å². The Kier molecular flexibility index (Phi) is 10.9. The Labute approximate surface area is 198 Å². The van der Waals surface area contributed by atoms with Crippen molar-refractivity contribution in [3.63, 3.8) is 0 Å². The third kappa shape index (κ3) is 9.19. The van der Waals surface area contributed by atoms with Crippen molar-refractivity contribution in [1.29, 1.82) is 0 Å². The molecule has 10 heteroatoms. The maximum Gasteiger partial charge on any atom is 0.240 e. The zero-order valence-electron chi connectivity index (χ0n) is 19.3. The number of nitrogens with zero attached hydrogens (tertiary/aromatic N) is 2. The molecular formula is C24H30N4O6. The molecule has 0 heterocycles. The second-order valence-corrected chi connectivity index (χ2v) is 7.36. The minimum Gasteiger partial charge on any atom is -0.504 e. The Bertz CT molecular complexity index is 941. The number of nitrogens with one attached hydrogen (secondary N) is 2. The van der Waals surface area contributed by atoms with E-state index in [4.69, 9.17) is 9.47 Å². The van der Waals surface area contributed by atoms with Gasteiger partial charge in [0, 0.05) is 12.8 Å². The number of ether oxygens (including phenoxy) is 2. The molecule has 0 aliphatic rings. The molecule has 10 nitrogen and oxygen atoms in total. The number of hydrazone groups is 2. The first-order valence-electron chi connectivity index (χ1n) is 10.8. The molecule has 0 radical (unpaired) electrons. The van der Waals surface area contributed by atoms with Crippen molar-refractivity contribution in [3.8, 4) is 23.0 Å². The van der Waals surface area contributed by atoms with Gasteiger partial charge in [-0.2, -0.15) is 10.2 Å². The standard InChI is InChI=1S/C24H30N4O6/c1-33-21-13-17(9-11-19(21)29)15-25-27-23(31)7-5-3-4-6-8-24(32)28-26-16-18-10-12-20(30)22(14-18)34-2/h9-16,29-30H,3-8H2,1-2H3,(H,27,31)(H,28,32)/b25-15+,26-16+. The second-order valence-electron chi connectivity index (χ2n) is 7.36. The van der Waals surface area contributed by atoms with Crippen LogP contribution in [0.25, 0.3) is 0 Å². The number of aromatic hydroxyl groups is 2. The molecule has 4 N–H and O–H groups in total. The van der Waals surface area contributed by atoms with Crippen molar-refractivity contribution >= 4 is 24.2 Å². The molecule has 0 aliphatic carbocycles. The average molecular weight is 471 g/mol. The lowest BCUT2D eigenvalue weighted by Crippen LogP contribution is -2.17. The summed E-state index contributed by atoms with van der Waals surface area (Å²) in [5.74, 6) is 0.329. The number of carbonyl (C=O) groups is 2. The molecule has 0 spiro atoms. The molecule has 0 bridgehead atoms. The lowest BCUT2D eigenvalue weighted by molar-refractivity contribution is -0.122. The van der Waals surface area contributed by atoms with Crippen LogP contribution in [0.2, 0.25) is 0 Å². The molecular weight excluding hydrogens is 440 g/mol. The molecule has 2 amide bonds. The van der Waals surface area contributed by atoms with Crippen LogP contribution in [0.4, 0.5) is 0 Å². The number of unbranched alkanes of at least 4 members (excludes halogenated alkanes) is 3. The molecule has 0 unspecified atom stereocenters. The van der Waals surface area contributed by atoms with Crippen molar-refractivity contribution < 1.29 is 29.3 Å². The van der Waals surface area contributed by atoms with E-state index in [0.29, 0.717) is 48.3 Å². The number of carbonyl (C=O) groups excluding carboxylic acids is 2. The highest BCUT2D eigenvalue weighted by molar-refractivity contribution is 5.84. The first-order valence-corrected chi connectivity index (χ1v) is 10.8. The van der Waals surface area contributed by atoms with Crippen molar-refractivity contribution in [2.75, 3.05) is 14.2 Å². The second kappa shape index (κ2) is 14.1. The summed E-state index contributed by atoms with van der Waals surface area (Å²) >= 11 is 0. The summed E-state index contributed by atoms with van der Waals surface area (Å²) in [6, 6.07) is 9.50. The van der Waals surface area contributed by atoms with Gasteiger partial charge < -0.3 is 19.7 Å². The van der Waals surface area contributed by atoms with E-state index in [1.165, 1.54) is 38.8 Å². The van der Waals surface area contributed by atoms with Gasteiger partial charge in [-0.05, 0) is 60.4 Å². The van der Waals surface area contributed by atoms with Crippen molar-refractivity contribution in [2.45, 2.75) is 38.5 Å². The van der Waals surface area contributed by atoms with Gasteiger partial charge in [-0.15, -0.1) is 0 Å². The number of phenolic OH excluding ortho intramolecular Hbond substituents is 2. The van der Waals surface area contributed by atoms with Crippen LogP contribution in [-0.4, -0.2) is 48.7 Å². The summed E-state index contributed by atoms with van der Waals surface area (Å²) in [6.07, 6.45) is 6.63. The van der Waals surface area contributed by atoms with E-state index in [-0.39, 0.29) is 23.3 Å². The maximum absolute atomic E-state index is 11.9. The molecule has 2 aromatic carbocycles. The summed E-state index contributed by atoms with van der Waals surface area (Å²) in [7, 11) is 2.91. The lowest BCUT2D eigenvalue weighted by Gasteiger charge is -2.04. The smallest absolute Gasteiger partial charge is 0.240 e. The van der Waals surface area contributed by atoms with Crippen molar-refractivity contribution in [2.24, 2.45) is 10.2 Å². The van der Waals surface area contributed by atoms with Gasteiger partial charge in [0.25, 0.3) is 0 Å². The normalized spacial score (nSPS) is 11.0. The van der Waals surface area contributed by atoms with Gasteiger partial charge in [-0.25, -0.2) is 10.9 Å². The van der Waals surface area contributed by atoms with Crippen LogP contribution in [0.3, 0.4) is 0 Å². The van der Waals surface area contributed by atoms with E-state index >= 15 is 0 Å². The Morgan fingerprint density at radius 2 is 1.18 bits per heavy atom. The average Bonchev–Trinajstić information content (AvgIpc) is 2.83. The highest BCUT2D eigenvalue weighted by Gasteiger charge is 2.04. The van der Waals surface area contributed by atoms with Crippen molar-refractivity contribution in [1.82, 2.24) is 10.9 Å². The Hall–Kier alpha value is -4.08. The van der Waals surface area contributed by atoms with Crippen LogP contribution in [0.5, 0.6) is 23.0 Å². The van der Waals surface area contributed by atoms with E-state index in [2.05, 4.69) is 21.1 Å². The topological polar surface area (TPSA) is 142 Å². The van der Waals surface area contributed by atoms with Gasteiger partial charge in [0.1, 0.15) is 0 Å². The largest absolute Gasteiger partial charge is 0.504 e. The van der Waals surface area contributed by atoms with E-state index in [0.717, 1.165) is 12.8 Å². The third-order valence-corrected chi connectivity index (χ3v) is 4.77. The van der Waals surface area contributed by atoms with Crippen LogP contribution in [0.15, 0.2) is 46.6 Å². The molecule has 0 saturated heterocycles. The van der Waals surface area contributed by atoms with Gasteiger partial charge >= 0.3 is 0 Å². The first kappa shape index (κ1) is 26.2. The molecule has 0 aliphatic heterocycles. The number of rotatable bonds is 13. The summed E-state index contributed by atoms with van der Waals surface area (Å²) in [5, 5.41) is 26.9. The maximum atomic E-state index is 11.9. The number of methoxy groups -OCH3 is 2. The van der Waals surface area contributed by atoms with Crippen LogP contribution in [0.1, 0.15) is 49.7 Å². The lowest BCUT2D eigenvalue weighted by atomic mass is 10.1. The van der Waals surface area contributed by atoms with E-state index in [9.17, 15) is 19.8 Å².